The lowest BCUT2D eigenvalue weighted by Crippen LogP contribution is -2.47. The van der Waals surface area contributed by atoms with Crippen LogP contribution in [0.4, 0.5) is 0 Å². The Balaban J connectivity index is 1.65. The second-order valence-corrected chi connectivity index (χ2v) is 10.4. The van der Waals surface area contributed by atoms with Gasteiger partial charge in [-0.25, -0.2) is 8.42 Å². The molecule has 1 saturated heterocycles. The number of amides is 1. The molecule has 0 radical (unpaired) electrons. The van der Waals surface area contributed by atoms with Gasteiger partial charge in [-0.05, 0) is 43.0 Å². The Hall–Kier alpha value is -2.45. The van der Waals surface area contributed by atoms with E-state index in [1.54, 1.807) is 58.0 Å². The maximum Gasteiger partial charge on any atom is 0.253 e. The fraction of sp³-hybridized carbons (Fsp3) is 0.478. The Kier molecular flexibility index (Phi) is 6.29. The van der Waals surface area contributed by atoms with Crippen molar-refractivity contribution in [3.05, 3.63) is 54.4 Å². The molecular weight excluding hydrogens is 414 g/mol. The summed E-state index contributed by atoms with van der Waals surface area (Å²) in [6.45, 7) is 5.62. The van der Waals surface area contributed by atoms with E-state index in [1.807, 2.05) is 0 Å². The summed E-state index contributed by atoms with van der Waals surface area (Å²) in [5.41, 5.74) is 0.590. The van der Waals surface area contributed by atoms with Gasteiger partial charge < -0.3 is 9.64 Å². The molecule has 1 amide bonds. The van der Waals surface area contributed by atoms with Crippen molar-refractivity contribution in [3.63, 3.8) is 0 Å². The maximum absolute atomic E-state index is 13.6. The zero-order chi connectivity index (χ0) is 22.0. The van der Waals surface area contributed by atoms with Crippen molar-refractivity contribution in [1.82, 2.24) is 14.2 Å². The SMILES string of the molecule is CC(C)CCN1[C@@H]2CCN(C(=O)c3ccncc3)CC[C@H]2Oc2ccccc2S1(=O)=O. The van der Waals surface area contributed by atoms with Gasteiger partial charge in [0.05, 0.1) is 6.04 Å². The van der Waals surface area contributed by atoms with Crippen molar-refractivity contribution in [2.24, 2.45) is 5.92 Å². The number of hydrogen-bond acceptors (Lipinski definition) is 5. The molecule has 2 aliphatic heterocycles. The van der Waals surface area contributed by atoms with E-state index < -0.39 is 10.0 Å². The Morgan fingerprint density at radius 3 is 2.58 bits per heavy atom. The minimum atomic E-state index is -3.69. The number of benzene rings is 1. The fourth-order valence-corrected chi connectivity index (χ4v) is 6.13. The molecule has 0 aliphatic carbocycles. The van der Waals surface area contributed by atoms with E-state index in [4.69, 9.17) is 4.74 Å². The highest BCUT2D eigenvalue weighted by Crippen LogP contribution is 2.36. The zero-order valence-electron chi connectivity index (χ0n) is 18.0. The Bertz CT molecular complexity index is 1030. The first-order valence-corrected chi connectivity index (χ1v) is 12.3. The number of carbonyl (C=O) groups excluding carboxylic acids is 1. The minimum absolute atomic E-state index is 0.0594. The number of nitrogens with zero attached hydrogens (tertiary/aromatic N) is 3. The summed E-state index contributed by atoms with van der Waals surface area (Å²) >= 11 is 0. The first-order valence-electron chi connectivity index (χ1n) is 10.8. The van der Waals surface area contributed by atoms with Crippen molar-refractivity contribution in [1.29, 1.82) is 0 Å². The van der Waals surface area contributed by atoms with E-state index in [1.165, 1.54) is 0 Å². The van der Waals surface area contributed by atoms with Gasteiger partial charge in [-0.2, -0.15) is 4.31 Å². The van der Waals surface area contributed by atoms with Crippen LogP contribution in [0, 0.1) is 5.92 Å². The molecule has 2 aromatic rings. The molecule has 31 heavy (non-hydrogen) atoms. The van der Waals surface area contributed by atoms with Crippen LogP contribution in [0.5, 0.6) is 5.75 Å². The lowest BCUT2D eigenvalue weighted by molar-refractivity contribution is 0.0755. The largest absolute Gasteiger partial charge is 0.487 e. The van der Waals surface area contributed by atoms with E-state index in [-0.39, 0.29) is 22.9 Å². The van der Waals surface area contributed by atoms with E-state index in [0.29, 0.717) is 49.7 Å². The summed E-state index contributed by atoms with van der Waals surface area (Å²) in [5, 5.41) is 0. The van der Waals surface area contributed by atoms with Gasteiger partial charge in [-0.15, -0.1) is 0 Å². The third-order valence-electron chi connectivity index (χ3n) is 6.03. The molecule has 1 fully saturated rings. The number of pyridine rings is 1. The lowest BCUT2D eigenvalue weighted by Gasteiger charge is -2.32. The smallest absolute Gasteiger partial charge is 0.253 e. The minimum Gasteiger partial charge on any atom is -0.487 e. The standard InChI is InChI=1S/C23H29N3O4S/c1-17(2)9-16-26-19-10-14-25(23(27)18-7-12-24-13-8-18)15-11-20(19)30-21-5-3-4-6-22(21)31(26,28)29/h3-8,12-13,17,19-20H,9-11,14-16H2,1-2H3/t19-,20-/m1/s1. The molecule has 7 nitrogen and oxygen atoms in total. The first kappa shape index (κ1) is 21.8. The number of sulfonamides is 1. The summed E-state index contributed by atoms with van der Waals surface area (Å²) in [6.07, 6.45) is 4.78. The number of rotatable bonds is 4. The van der Waals surface area contributed by atoms with Gasteiger partial charge in [-0.3, -0.25) is 9.78 Å². The second-order valence-electron chi connectivity index (χ2n) is 8.57. The average molecular weight is 444 g/mol. The predicted octanol–water partition coefficient (Wildman–Crippen LogP) is 3.18. The van der Waals surface area contributed by atoms with Crippen LogP contribution in [0.15, 0.2) is 53.7 Å². The normalized spacial score (nSPS) is 23.3. The predicted molar refractivity (Wildman–Crippen MR) is 117 cm³/mol. The summed E-state index contributed by atoms with van der Waals surface area (Å²) in [4.78, 5) is 19.0. The molecule has 2 aliphatic rings. The van der Waals surface area contributed by atoms with E-state index in [0.717, 1.165) is 6.42 Å². The third-order valence-corrected chi connectivity index (χ3v) is 8.00. The van der Waals surface area contributed by atoms with Crippen molar-refractivity contribution in [2.75, 3.05) is 19.6 Å². The molecule has 166 valence electrons. The molecule has 3 heterocycles. The van der Waals surface area contributed by atoms with Gasteiger partial charge in [0.2, 0.25) is 10.0 Å². The fourth-order valence-electron chi connectivity index (χ4n) is 4.31. The third kappa shape index (κ3) is 4.45. The Morgan fingerprint density at radius 2 is 1.84 bits per heavy atom. The van der Waals surface area contributed by atoms with E-state index in [9.17, 15) is 13.2 Å². The highest BCUT2D eigenvalue weighted by molar-refractivity contribution is 7.89. The Morgan fingerprint density at radius 1 is 1.13 bits per heavy atom. The van der Waals surface area contributed by atoms with Crippen molar-refractivity contribution >= 4 is 15.9 Å². The first-order chi connectivity index (χ1) is 14.9. The van der Waals surface area contributed by atoms with E-state index >= 15 is 0 Å². The summed E-state index contributed by atoms with van der Waals surface area (Å²) in [5.74, 6) is 0.720. The number of hydrogen-bond donors (Lipinski definition) is 0. The molecule has 1 aromatic carbocycles. The molecule has 1 aromatic heterocycles. The molecule has 4 rings (SSSR count). The van der Waals surface area contributed by atoms with Crippen molar-refractivity contribution in [3.8, 4) is 5.75 Å². The van der Waals surface area contributed by atoms with Crippen LogP contribution >= 0.6 is 0 Å². The lowest BCUT2D eigenvalue weighted by atomic mass is 10.0. The van der Waals surface area contributed by atoms with Crippen LogP contribution in [0.1, 0.15) is 43.5 Å². The van der Waals surface area contributed by atoms with Crippen LogP contribution in [0.25, 0.3) is 0 Å². The van der Waals surface area contributed by atoms with Crippen LogP contribution < -0.4 is 4.74 Å². The van der Waals surface area contributed by atoms with Crippen molar-refractivity contribution < 1.29 is 17.9 Å². The van der Waals surface area contributed by atoms with Gasteiger partial charge in [0.1, 0.15) is 16.7 Å². The van der Waals surface area contributed by atoms with Gasteiger partial charge in [0.15, 0.2) is 0 Å². The molecule has 0 N–H and O–H groups in total. The highest BCUT2D eigenvalue weighted by atomic mass is 32.2. The van der Waals surface area contributed by atoms with Gasteiger partial charge in [0.25, 0.3) is 5.91 Å². The number of likely N-dealkylation sites (tertiary alicyclic amines) is 1. The van der Waals surface area contributed by atoms with Crippen LogP contribution in [0.3, 0.4) is 0 Å². The second kappa shape index (κ2) is 8.96. The number of aromatic nitrogens is 1. The molecule has 0 bridgehead atoms. The Labute approximate surface area is 184 Å². The molecular formula is C23H29N3O4S. The number of ether oxygens (including phenoxy) is 1. The zero-order valence-corrected chi connectivity index (χ0v) is 18.8. The topological polar surface area (TPSA) is 79.8 Å². The molecule has 0 saturated carbocycles. The molecule has 0 spiro atoms. The van der Waals surface area contributed by atoms with Crippen molar-refractivity contribution in [2.45, 2.75) is 50.2 Å². The number of carbonyl (C=O) groups is 1. The van der Waals surface area contributed by atoms with Gasteiger partial charge in [0, 0.05) is 44.0 Å². The van der Waals surface area contributed by atoms with Crippen LogP contribution in [-0.2, 0) is 10.0 Å². The molecule has 8 heteroatoms. The summed E-state index contributed by atoms with van der Waals surface area (Å²) < 4.78 is 35.1. The maximum atomic E-state index is 13.6. The van der Waals surface area contributed by atoms with Gasteiger partial charge in [-0.1, -0.05) is 26.0 Å². The monoisotopic (exact) mass is 443 g/mol. The average Bonchev–Trinajstić information content (AvgIpc) is 3.01. The summed E-state index contributed by atoms with van der Waals surface area (Å²) in [6, 6.07) is 9.97. The number of fused-ring (bicyclic) bond motifs is 2. The summed E-state index contributed by atoms with van der Waals surface area (Å²) in [7, 11) is -3.69. The van der Waals surface area contributed by atoms with Crippen LogP contribution in [0.2, 0.25) is 0 Å². The molecule has 0 unspecified atom stereocenters. The van der Waals surface area contributed by atoms with Gasteiger partial charge >= 0.3 is 0 Å². The molecule has 2 atom stereocenters. The van der Waals surface area contributed by atoms with E-state index in [2.05, 4.69) is 18.8 Å². The van der Waals surface area contributed by atoms with Crippen LogP contribution in [-0.4, -0.2) is 60.3 Å². The highest BCUT2D eigenvalue weighted by Gasteiger charge is 2.43. The number of para-hydroxylation sites is 1. The quantitative estimate of drug-likeness (QED) is 0.725.